The Labute approximate surface area is 143 Å². The third-order valence-electron chi connectivity index (χ3n) is 4.43. The minimum absolute atomic E-state index is 0.0580. The van der Waals surface area contributed by atoms with Gasteiger partial charge in [-0.3, -0.25) is 0 Å². The van der Waals surface area contributed by atoms with Crippen molar-refractivity contribution < 1.29 is 18.0 Å². The summed E-state index contributed by atoms with van der Waals surface area (Å²) in [5, 5.41) is 15.1. The number of sulfonamides is 1. The van der Waals surface area contributed by atoms with Gasteiger partial charge in [-0.15, -0.1) is 0 Å². The van der Waals surface area contributed by atoms with E-state index < -0.39 is 15.6 Å². The lowest BCUT2D eigenvalue weighted by Crippen LogP contribution is -2.34. The molecule has 4 rings (SSSR count). The zero-order chi connectivity index (χ0) is 17.7. The SMILES string of the molecule is CCc1noc([C@]2(O)CCN(S(=O)(=O)c3c[nH]c4ncccc34)C2)n1. The normalized spacial score (nSPS) is 22.0. The van der Waals surface area contributed by atoms with Crippen molar-refractivity contribution in [1.82, 2.24) is 24.4 Å². The molecule has 3 aromatic heterocycles. The first-order chi connectivity index (χ1) is 11.9. The number of pyridine rings is 1. The van der Waals surface area contributed by atoms with Gasteiger partial charge in [0.25, 0.3) is 5.89 Å². The number of aromatic amines is 1. The number of aliphatic hydroxyl groups is 1. The van der Waals surface area contributed by atoms with E-state index in [1.807, 2.05) is 6.92 Å². The van der Waals surface area contributed by atoms with E-state index in [1.165, 1.54) is 10.5 Å². The summed E-state index contributed by atoms with van der Waals surface area (Å²) in [4.78, 5) is 11.3. The van der Waals surface area contributed by atoms with Gasteiger partial charge in [0, 0.05) is 37.2 Å². The number of nitrogens with one attached hydrogen (secondary N) is 1. The molecule has 10 heteroatoms. The molecule has 9 nitrogen and oxygen atoms in total. The molecule has 3 aromatic rings. The Hall–Kier alpha value is -2.30. The number of β-amino-alcohol motifs (C(OH)–C–C–N with tert-alkyl or cyclic N) is 1. The molecule has 1 aliphatic rings. The van der Waals surface area contributed by atoms with E-state index in [0.29, 0.717) is 23.3 Å². The third-order valence-corrected chi connectivity index (χ3v) is 6.31. The maximum absolute atomic E-state index is 13.0. The average Bonchev–Trinajstić information content (AvgIpc) is 3.33. The van der Waals surface area contributed by atoms with Crippen LogP contribution in [0, 0.1) is 0 Å². The van der Waals surface area contributed by atoms with E-state index in [-0.39, 0.29) is 30.3 Å². The number of fused-ring (bicyclic) bond motifs is 1. The van der Waals surface area contributed by atoms with Gasteiger partial charge in [-0.05, 0) is 12.1 Å². The van der Waals surface area contributed by atoms with Gasteiger partial charge in [-0.2, -0.15) is 9.29 Å². The number of aromatic nitrogens is 4. The predicted octanol–water partition coefficient (Wildman–Crippen LogP) is 0.791. The molecular formula is C15H17N5O4S. The summed E-state index contributed by atoms with van der Waals surface area (Å²) in [6, 6.07) is 3.37. The molecule has 0 aliphatic carbocycles. The maximum atomic E-state index is 13.0. The van der Waals surface area contributed by atoms with E-state index in [9.17, 15) is 13.5 Å². The number of hydrogen-bond donors (Lipinski definition) is 2. The zero-order valence-electron chi connectivity index (χ0n) is 13.5. The fourth-order valence-corrected chi connectivity index (χ4v) is 4.65. The van der Waals surface area contributed by atoms with Crippen molar-refractivity contribution in [2.24, 2.45) is 0 Å². The van der Waals surface area contributed by atoms with Gasteiger partial charge in [-0.25, -0.2) is 13.4 Å². The van der Waals surface area contributed by atoms with Gasteiger partial charge in [0.15, 0.2) is 11.4 Å². The van der Waals surface area contributed by atoms with Crippen LogP contribution in [0.5, 0.6) is 0 Å². The molecule has 0 saturated carbocycles. The molecule has 0 aromatic carbocycles. The van der Waals surface area contributed by atoms with E-state index in [4.69, 9.17) is 4.52 Å². The Morgan fingerprint density at radius 3 is 3.08 bits per heavy atom. The van der Waals surface area contributed by atoms with Crippen molar-refractivity contribution in [3.05, 3.63) is 36.2 Å². The van der Waals surface area contributed by atoms with Crippen LogP contribution in [-0.4, -0.2) is 51.0 Å². The van der Waals surface area contributed by atoms with Crippen molar-refractivity contribution in [2.45, 2.75) is 30.3 Å². The number of H-pyrrole nitrogens is 1. The summed E-state index contributed by atoms with van der Waals surface area (Å²) < 4.78 is 32.3. The number of hydrogen-bond acceptors (Lipinski definition) is 7. The van der Waals surface area contributed by atoms with Crippen LogP contribution >= 0.6 is 0 Å². The van der Waals surface area contributed by atoms with Crippen molar-refractivity contribution >= 4 is 21.1 Å². The fraction of sp³-hybridized carbons (Fsp3) is 0.400. The van der Waals surface area contributed by atoms with Crippen LogP contribution in [0.4, 0.5) is 0 Å². The Morgan fingerprint density at radius 2 is 2.32 bits per heavy atom. The molecule has 0 spiro atoms. The van der Waals surface area contributed by atoms with E-state index in [2.05, 4.69) is 20.1 Å². The fourth-order valence-electron chi connectivity index (χ4n) is 3.01. The van der Waals surface area contributed by atoms with Crippen LogP contribution in [-0.2, 0) is 22.0 Å². The van der Waals surface area contributed by atoms with Gasteiger partial charge >= 0.3 is 0 Å². The minimum Gasteiger partial charge on any atom is -0.379 e. The minimum atomic E-state index is -3.79. The van der Waals surface area contributed by atoms with Gasteiger partial charge in [-0.1, -0.05) is 12.1 Å². The monoisotopic (exact) mass is 363 g/mol. The molecule has 0 radical (unpaired) electrons. The topological polar surface area (TPSA) is 125 Å². The van der Waals surface area contributed by atoms with Gasteiger partial charge in [0.2, 0.25) is 10.0 Å². The Morgan fingerprint density at radius 1 is 1.48 bits per heavy atom. The van der Waals surface area contributed by atoms with E-state index >= 15 is 0 Å². The molecule has 2 N–H and O–H groups in total. The van der Waals surface area contributed by atoms with Crippen molar-refractivity contribution in [3.63, 3.8) is 0 Å². The van der Waals surface area contributed by atoms with Crippen LogP contribution in [0.15, 0.2) is 33.9 Å². The second-order valence-electron chi connectivity index (χ2n) is 6.04. The van der Waals surface area contributed by atoms with Crippen LogP contribution in [0.25, 0.3) is 11.0 Å². The molecule has 0 bridgehead atoms. The molecule has 0 unspecified atom stereocenters. The largest absolute Gasteiger partial charge is 0.379 e. The molecular weight excluding hydrogens is 346 g/mol. The molecule has 1 aliphatic heterocycles. The Kier molecular flexibility index (Phi) is 3.63. The van der Waals surface area contributed by atoms with Crippen molar-refractivity contribution in [1.29, 1.82) is 0 Å². The van der Waals surface area contributed by atoms with Crippen LogP contribution in [0.3, 0.4) is 0 Å². The third kappa shape index (κ3) is 2.53. The van der Waals surface area contributed by atoms with Gasteiger partial charge < -0.3 is 14.6 Å². The first-order valence-electron chi connectivity index (χ1n) is 7.92. The van der Waals surface area contributed by atoms with Gasteiger partial charge in [0.1, 0.15) is 10.5 Å². The van der Waals surface area contributed by atoms with Crippen LogP contribution in [0.1, 0.15) is 25.1 Å². The number of aryl methyl sites for hydroxylation is 1. The summed E-state index contributed by atoms with van der Waals surface area (Å²) in [5.41, 5.74) is -0.974. The number of nitrogens with zero attached hydrogens (tertiary/aromatic N) is 4. The van der Waals surface area contributed by atoms with Crippen LogP contribution < -0.4 is 0 Å². The molecule has 0 amide bonds. The molecule has 25 heavy (non-hydrogen) atoms. The summed E-state index contributed by atoms with van der Waals surface area (Å²) in [6.45, 7) is 1.90. The first kappa shape index (κ1) is 16.2. The molecule has 1 saturated heterocycles. The lowest BCUT2D eigenvalue weighted by atomic mass is 10.0. The standard InChI is InChI=1S/C15H17N5O4S/c1-2-12-18-14(24-19-12)15(21)5-7-20(9-15)25(22,23)11-8-17-13-10(11)4-3-6-16-13/h3-4,6,8,21H,2,5,7,9H2,1H3,(H,16,17)/t15-/m0/s1. The highest BCUT2D eigenvalue weighted by Gasteiger charge is 2.47. The maximum Gasteiger partial charge on any atom is 0.260 e. The summed E-state index contributed by atoms with van der Waals surface area (Å²) in [5.74, 6) is 0.537. The Bertz CT molecular complexity index is 1030. The van der Waals surface area contributed by atoms with Gasteiger partial charge in [0.05, 0.1) is 6.54 Å². The first-order valence-corrected chi connectivity index (χ1v) is 9.36. The summed E-state index contributed by atoms with van der Waals surface area (Å²) in [6.07, 6.45) is 3.78. The lowest BCUT2D eigenvalue weighted by Gasteiger charge is -2.19. The van der Waals surface area contributed by atoms with E-state index in [1.54, 1.807) is 18.3 Å². The number of rotatable bonds is 4. The quantitative estimate of drug-likeness (QED) is 0.702. The molecule has 4 heterocycles. The summed E-state index contributed by atoms with van der Waals surface area (Å²) in [7, 11) is -3.79. The Balaban J connectivity index is 1.66. The van der Waals surface area contributed by atoms with Crippen molar-refractivity contribution in [3.8, 4) is 0 Å². The highest BCUT2D eigenvalue weighted by Crippen LogP contribution is 2.35. The zero-order valence-corrected chi connectivity index (χ0v) is 14.3. The smallest absolute Gasteiger partial charge is 0.260 e. The van der Waals surface area contributed by atoms with Crippen LogP contribution in [0.2, 0.25) is 0 Å². The summed E-state index contributed by atoms with van der Waals surface area (Å²) >= 11 is 0. The van der Waals surface area contributed by atoms with E-state index in [0.717, 1.165) is 0 Å². The second kappa shape index (κ2) is 5.61. The highest BCUT2D eigenvalue weighted by molar-refractivity contribution is 7.89. The predicted molar refractivity (Wildman–Crippen MR) is 87.0 cm³/mol. The molecule has 132 valence electrons. The molecule has 1 fully saturated rings. The second-order valence-corrected chi connectivity index (χ2v) is 7.95. The van der Waals surface area contributed by atoms with Crippen molar-refractivity contribution in [2.75, 3.05) is 13.1 Å². The molecule has 1 atom stereocenters. The lowest BCUT2D eigenvalue weighted by molar-refractivity contribution is 0.0194. The highest BCUT2D eigenvalue weighted by atomic mass is 32.2. The average molecular weight is 363 g/mol.